The highest BCUT2D eigenvalue weighted by atomic mass is 35.5. The van der Waals surface area contributed by atoms with E-state index in [4.69, 9.17) is 32.9 Å². The van der Waals surface area contributed by atoms with Crippen LogP contribution in [-0.4, -0.2) is 69.0 Å². The Labute approximate surface area is 310 Å². The summed E-state index contributed by atoms with van der Waals surface area (Å²) in [4.78, 5) is 47.9. The first-order chi connectivity index (χ1) is 25.1. The first-order valence-corrected chi connectivity index (χ1v) is 18.0. The summed E-state index contributed by atoms with van der Waals surface area (Å²) < 4.78 is 7.23. The van der Waals surface area contributed by atoms with E-state index in [0.29, 0.717) is 84.1 Å². The predicted molar refractivity (Wildman–Crippen MR) is 201 cm³/mol. The van der Waals surface area contributed by atoms with Gasteiger partial charge in [0.1, 0.15) is 5.65 Å². The number of nitrogens with one attached hydrogen (secondary N) is 2. The van der Waals surface area contributed by atoms with Crippen LogP contribution in [0.5, 0.6) is 5.88 Å². The lowest BCUT2D eigenvalue weighted by Gasteiger charge is -2.17. The largest absolute Gasteiger partial charge is 0.481 e. The minimum absolute atomic E-state index is 0.0881. The average molecular weight is 742 g/mol. The Morgan fingerprint density at radius 3 is 2.42 bits per heavy atom. The highest BCUT2D eigenvalue weighted by Crippen LogP contribution is 2.42. The SMILES string of the molecule is COc1nc(-c2cccc(-c3cccc(-c4cc(C)n5c(=O)c(CN6CC[C@@H](C(=O)O)C6)cnc5c4)c3Cl)c2Cl)ccc1CNC[C@H]1CCC(=O)N1. The zero-order chi connectivity index (χ0) is 36.5. The number of nitrogens with zero attached hydrogens (tertiary/aromatic N) is 4. The van der Waals surface area contributed by atoms with Crippen molar-refractivity contribution in [3.63, 3.8) is 0 Å². The maximum atomic E-state index is 13.6. The fourth-order valence-corrected chi connectivity index (χ4v) is 7.80. The fourth-order valence-electron chi connectivity index (χ4n) is 7.14. The van der Waals surface area contributed by atoms with Gasteiger partial charge in [-0.2, -0.15) is 0 Å². The molecule has 1 amide bonds. The van der Waals surface area contributed by atoms with Gasteiger partial charge in [0, 0.05) is 78.3 Å². The molecule has 3 N–H and O–H groups in total. The number of benzene rings is 2. The predicted octanol–water partition coefficient (Wildman–Crippen LogP) is 5.99. The molecule has 2 aliphatic heterocycles. The van der Waals surface area contributed by atoms with Crippen LogP contribution in [0.15, 0.2) is 71.7 Å². The van der Waals surface area contributed by atoms with E-state index in [2.05, 4.69) is 15.6 Å². The second-order valence-electron chi connectivity index (χ2n) is 13.4. The molecule has 52 heavy (non-hydrogen) atoms. The molecule has 11 nitrogen and oxygen atoms in total. The van der Waals surface area contributed by atoms with Gasteiger partial charge in [0.2, 0.25) is 11.8 Å². The summed E-state index contributed by atoms with van der Waals surface area (Å²) >= 11 is 14.3. The lowest BCUT2D eigenvalue weighted by Crippen LogP contribution is -2.35. The van der Waals surface area contributed by atoms with Crippen LogP contribution in [0.3, 0.4) is 0 Å². The van der Waals surface area contributed by atoms with Crippen molar-refractivity contribution in [3.8, 4) is 39.4 Å². The molecule has 5 heterocycles. The number of aliphatic carboxylic acids is 1. The number of carbonyl (C=O) groups excluding carboxylic acids is 1. The Balaban J connectivity index is 1.15. The third-order valence-corrected chi connectivity index (χ3v) is 10.7. The van der Waals surface area contributed by atoms with Gasteiger partial charge in [-0.25, -0.2) is 9.97 Å². The molecule has 3 aromatic heterocycles. The van der Waals surface area contributed by atoms with Crippen molar-refractivity contribution in [2.24, 2.45) is 5.92 Å². The molecule has 0 saturated carbocycles. The van der Waals surface area contributed by atoms with E-state index in [1.54, 1.807) is 17.7 Å². The van der Waals surface area contributed by atoms with Crippen LogP contribution in [0, 0.1) is 12.8 Å². The number of halogens is 2. The summed E-state index contributed by atoms with van der Waals surface area (Å²) in [7, 11) is 1.59. The zero-order valence-corrected chi connectivity index (χ0v) is 30.3. The maximum Gasteiger partial charge on any atom is 0.307 e. The number of hydrogen-bond acceptors (Lipinski definition) is 8. The van der Waals surface area contributed by atoms with Gasteiger partial charge < -0.3 is 20.5 Å². The van der Waals surface area contributed by atoms with Gasteiger partial charge >= 0.3 is 5.97 Å². The Kier molecular flexibility index (Phi) is 10.3. The Morgan fingerprint density at radius 2 is 1.73 bits per heavy atom. The second kappa shape index (κ2) is 15.0. The molecule has 2 aromatic carbocycles. The molecule has 0 aliphatic carbocycles. The molecule has 2 aliphatic rings. The summed E-state index contributed by atoms with van der Waals surface area (Å²) in [5.74, 6) is -0.655. The summed E-state index contributed by atoms with van der Waals surface area (Å²) in [6, 6.07) is 19.3. The lowest BCUT2D eigenvalue weighted by atomic mass is 9.96. The third kappa shape index (κ3) is 7.14. The van der Waals surface area contributed by atoms with Gasteiger partial charge in [0.25, 0.3) is 5.56 Å². The van der Waals surface area contributed by atoms with Crippen molar-refractivity contribution >= 4 is 40.7 Å². The van der Waals surface area contributed by atoms with Crippen LogP contribution in [0.25, 0.3) is 39.2 Å². The Hall–Kier alpha value is -4.81. The number of fused-ring (bicyclic) bond motifs is 1. The molecule has 2 saturated heterocycles. The number of ether oxygens (including phenoxy) is 1. The smallest absolute Gasteiger partial charge is 0.307 e. The van der Waals surface area contributed by atoms with Crippen molar-refractivity contribution < 1.29 is 19.4 Å². The molecule has 2 atom stereocenters. The van der Waals surface area contributed by atoms with Gasteiger partial charge in [-0.05, 0) is 50.1 Å². The van der Waals surface area contributed by atoms with Crippen molar-refractivity contribution in [1.82, 2.24) is 29.9 Å². The molecule has 0 bridgehead atoms. The summed E-state index contributed by atoms with van der Waals surface area (Å²) in [5.41, 5.74) is 6.81. The number of methoxy groups -OCH3 is 1. The van der Waals surface area contributed by atoms with Crippen LogP contribution >= 0.6 is 23.2 Å². The van der Waals surface area contributed by atoms with Crippen LogP contribution < -0.4 is 20.9 Å². The molecule has 0 unspecified atom stereocenters. The number of hydrogen-bond donors (Lipinski definition) is 3. The molecule has 0 radical (unpaired) electrons. The van der Waals surface area contributed by atoms with Crippen LogP contribution in [0.1, 0.15) is 36.1 Å². The number of pyridine rings is 2. The quantitative estimate of drug-likeness (QED) is 0.149. The summed E-state index contributed by atoms with van der Waals surface area (Å²) in [6.07, 6.45) is 3.53. The van der Waals surface area contributed by atoms with E-state index in [1.165, 1.54) is 0 Å². The highest BCUT2D eigenvalue weighted by molar-refractivity contribution is 6.39. The van der Waals surface area contributed by atoms with Crippen LogP contribution in [-0.2, 0) is 22.7 Å². The third-order valence-electron chi connectivity index (χ3n) is 9.87. The second-order valence-corrected chi connectivity index (χ2v) is 14.1. The molecule has 0 spiro atoms. The zero-order valence-electron chi connectivity index (χ0n) is 28.8. The van der Waals surface area contributed by atoms with Crippen molar-refractivity contribution in [3.05, 3.63) is 104 Å². The lowest BCUT2D eigenvalue weighted by molar-refractivity contribution is -0.141. The van der Waals surface area contributed by atoms with Gasteiger partial charge in [-0.1, -0.05) is 65.7 Å². The number of rotatable bonds is 11. The number of likely N-dealkylation sites (tertiary alicyclic amines) is 1. The molecule has 5 aromatic rings. The fraction of sp³-hybridized carbons (Fsp3) is 0.308. The molecule has 2 fully saturated rings. The van der Waals surface area contributed by atoms with Crippen molar-refractivity contribution in [2.75, 3.05) is 26.7 Å². The summed E-state index contributed by atoms with van der Waals surface area (Å²) in [5, 5.41) is 16.7. The first kappa shape index (κ1) is 35.6. The molecular formula is C39H38Cl2N6O5. The van der Waals surface area contributed by atoms with E-state index in [9.17, 15) is 19.5 Å². The number of carboxylic acid groups (broad SMARTS) is 1. The molecule has 268 valence electrons. The van der Waals surface area contributed by atoms with Gasteiger partial charge in [-0.3, -0.25) is 23.7 Å². The topological polar surface area (TPSA) is 138 Å². The highest BCUT2D eigenvalue weighted by Gasteiger charge is 2.28. The number of aromatic nitrogens is 3. The molecular weight excluding hydrogens is 703 g/mol. The normalized spacial score (nSPS) is 17.5. The minimum Gasteiger partial charge on any atom is -0.481 e. The van der Waals surface area contributed by atoms with Crippen molar-refractivity contribution in [1.29, 1.82) is 0 Å². The summed E-state index contributed by atoms with van der Waals surface area (Å²) in [6.45, 7) is 4.43. The standard InChI is InChI=1S/C39H38Cl2N6O5/c1-22-15-25(16-33-43-18-26(38(49)47(22)33)21-46-14-13-24(20-46)39(50)51)28-5-3-6-29(35(28)40)30-7-4-8-31(36(30)41)32-11-9-23(37(45-32)52-2)17-42-19-27-10-12-34(48)44-27/h3-9,11,15-16,18,24,27,42H,10,12-14,17,19-21H2,1-2H3,(H,44,48)(H,50,51)/t24-,27-/m1/s1. The number of amides is 1. The molecule has 13 heteroatoms. The average Bonchev–Trinajstić information content (AvgIpc) is 3.78. The van der Waals surface area contributed by atoms with E-state index in [1.807, 2.05) is 72.5 Å². The van der Waals surface area contributed by atoms with Gasteiger partial charge in [-0.15, -0.1) is 0 Å². The molecule has 7 rings (SSSR count). The van der Waals surface area contributed by atoms with Crippen LogP contribution in [0.4, 0.5) is 0 Å². The number of carbonyl (C=O) groups is 2. The first-order valence-electron chi connectivity index (χ1n) is 17.2. The maximum absolute atomic E-state index is 13.6. The van der Waals surface area contributed by atoms with Gasteiger partial charge in [0.15, 0.2) is 0 Å². The van der Waals surface area contributed by atoms with E-state index in [0.717, 1.165) is 39.8 Å². The van der Waals surface area contributed by atoms with Crippen molar-refractivity contribution in [2.45, 2.75) is 45.3 Å². The van der Waals surface area contributed by atoms with Crippen LogP contribution in [0.2, 0.25) is 10.0 Å². The van der Waals surface area contributed by atoms with Gasteiger partial charge in [0.05, 0.1) is 34.3 Å². The van der Waals surface area contributed by atoms with E-state index < -0.39 is 11.9 Å². The number of carboxylic acids is 1. The van der Waals surface area contributed by atoms with E-state index >= 15 is 0 Å². The monoisotopic (exact) mass is 740 g/mol. The minimum atomic E-state index is -0.807. The van der Waals surface area contributed by atoms with E-state index in [-0.39, 0.29) is 17.5 Å². The Bertz CT molecular complexity index is 2260. The Morgan fingerprint density at radius 1 is 1.00 bits per heavy atom. The number of aryl methyl sites for hydroxylation is 1.